The molecule has 1 aliphatic heterocycles. The zero-order valence-electron chi connectivity index (χ0n) is 13.1. The molecule has 0 amide bonds. The number of aromatic nitrogens is 1. The van der Waals surface area contributed by atoms with Crippen molar-refractivity contribution in [1.82, 2.24) is 14.8 Å². The molecule has 1 aromatic heterocycles. The number of piperidine rings is 1. The van der Waals surface area contributed by atoms with E-state index in [1.807, 2.05) is 25.4 Å². The van der Waals surface area contributed by atoms with Crippen LogP contribution in [0.2, 0.25) is 0 Å². The molecule has 0 aromatic carbocycles. The van der Waals surface area contributed by atoms with Gasteiger partial charge in [0, 0.05) is 37.4 Å². The summed E-state index contributed by atoms with van der Waals surface area (Å²) in [6, 6.07) is 6.58. The maximum atomic E-state index is 10.6. The number of carboxylic acids is 1. The summed E-state index contributed by atoms with van der Waals surface area (Å²) >= 11 is 0. The SMILES string of the molecule is CN(CCC(=O)O)C1CCN(CCc2ccccn2)CC1.Cl. The first kappa shape index (κ1) is 18.9. The van der Waals surface area contributed by atoms with Gasteiger partial charge in [0.2, 0.25) is 0 Å². The summed E-state index contributed by atoms with van der Waals surface area (Å²) < 4.78 is 0. The third-order valence-electron chi connectivity index (χ3n) is 4.27. The summed E-state index contributed by atoms with van der Waals surface area (Å²) in [7, 11) is 2.04. The number of hydrogen-bond donors (Lipinski definition) is 1. The van der Waals surface area contributed by atoms with E-state index in [4.69, 9.17) is 5.11 Å². The molecule has 1 fully saturated rings. The number of halogens is 1. The number of aliphatic carboxylic acids is 1. The van der Waals surface area contributed by atoms with Crippen LogP contribution in [0.15, 0.2) is 24.4 Å². The Balaban J connectivity index is 0.00000242. The fraction of sp³-hybridized carbons (Fsp3) is 0.625. The standard InChI is InChI=1S/C16H25N3O2.ClH/c1-18(10-8-16(20)21)15-6-12-19(13-7-15)11-5-14-4-2-3-9-17-14;/h2-4,9,15H,5-8,10-13H2,1H3,(H,20,21);1H. The maximum Gasteiger partial charge on any atom is 0.304 e. The first-order chi connectivity index (χ1) is 10.1. The Bertz CT molecular complexity index is 436. The highest BCUT2D eigenvalue weighted by atomic mass is 35.5. The van der Waals surface area contributed by atoms with E-state index in [1.54, 1.807) is 0 Å². The van der Waals surface area contributed by atoms with Gasteiger partial charge in [-0.25, -0.2) is 0 Å². The molecule has 1 aromatic rings. The van der Waals surface area contributed by atoms with E-state index >= 15 is 0 Å². The molecule has 2 heterocycles. The molecule has 0 bridgehead atoms. The van der Waals surface area contributed by atoms with Crippen LogP contribution in [0.1, 0.15) is 25.0 Å². The highest BCUT2D eigenvalue weighted by molar-refractivity contribution is 5.85. The van der Waals surface area contributed by atoms with Crippen LogP contribution in [0, 0.1) is 0 Å². The lowest BCUT2D eigenvalue weighted by Gasteiger charge is -2.36. The van der Waals surface area contributed by atoms with E-state index < -0.39 is 5.97 Å². The topological polar surface area (TPSA) is 56.7 Å². The van der Waals surface area contributed by atoms with Crippen molar-refractivity contribution in [1.29, 1.82) is 0 Å². The van der Waals surface area contributed by atoms with Gasteiger partial charge in [-0.05, 0) is 45.1 Å². The summed E-state index contributed by atoms with van der Waals surface area (Å²) in [5.41, 5.74) is 1.15. The highest BCUT2D eigenvalue weighted by Gasteiger charge is 2.22. The Labute approximate surface area is 138 Å². The summed E-state index contributed by atoms with van der Waals surface area (Å²) in [5, 5.41) is 8.74. The fourth-order valence-corrected chi connectivity index (χ4v) is 2.86. The molecule has 1 aliphatic rings. The molecule has 1 N–H and O–H groups in total. The summed E-state index contributed by atoms with van der Waals surface area (Å²) in [5.74, 6) is -0.713. The second-order valence-electron chi connectivity index (χ2n) is 5.77. The van der Waals surface area contributed by atoms with Gasteiger partial charge in [0.05, 0.1) is 6.42 Å². The second kappa shape index (κ2) is 9.77. The number of rotatable bonds is 7. The van der Waals surface area contributed by atoms with Crippen LogP contribution in [0.25, 0.3) is 0 Å². The van der Waals surface area contributed by atoms with Gasteiger partial charge in [0.25, 0.3) is 0 Å². The van der Waals surface area contributed by atoms with Gasteiger partial charge >= 0.3 is 5.97 Å². The van der Waals surface area contributed by atoms with E-state index in [9.17, 15) is 4.79 Å². The number of hydrogen-bond acceptors (Lipinski definition) is 4. The quantitative estimate of drug-likeness (QED) is 0.829. The molecule has 5 nitrogen and oxygen atoms in total. The van der Waals surface area contributed by atoms with Gasteiger partial charge in [-0.1, -0.05) is 6.07 Å². The van der Waals surface area contributed by atoms with Crippen molar-refractivity contribution in [2.45, 2.75) is 31.7 Å². The summed E-state index contributed by atoms with van der Waals surface area (Å²) in [4.78, 5) is 19.7. The largest absolute Gasteiger partial charge is 0.481 e. The van der Waals surface area contributed by atoms with E-state index in [1.165, 1.54) is 0 Å². The Hall–Kier alpha value is -1.17. The van der Waals surface area contributed by atoms with E-state index in [0.29, 0.717) is 12.6 Å². The zero-order valence-corrected chi connectivity index (χ0v) is 14.0. The van der Waals surface area contributed by atoms with Crippen LogP contribution >= 0.6 is 12.4 Å². The van der Waals surface area contributed by atoms with Crippen molar-refractivity contribution in [3.8, 4) is 0 Å². The Morgan fingerprint density at radius 1 is 1.41 bits per heavy atom. The van der Waals surface area contributed by atoms with Crippen molar-refractivity contribution < 1.29 is 9.90 Å². The van der Waals surface area contributed by atoms with E-state index in [2.05, 4.69) is 20.9 Å². The lowest BCUT2D eigenvalue weighted by Crippen LogP contribution is -2.44. The molecule has 124 valence electrons. The van der Waals surface area contributed by atoms with Crippen LogP contribution in [-0.4, -0.2) is 65.1 Å². The normalized spacial score (nSPS) is 16.5. The number of likely N-dealkylation sites (tertiary alicyclic amines) is 1. The number of carbonyl (C=O) groups is 1. The highest BCUT2D eigenvalue weighted by Crippen LogP contribution is 2.16. The predicted molar refractivity (Wildman–Crippen MR) is 89.5 cm³/mol. The molecule has 2 rings (SSSR count). The van der Waals surface area contributed by atoms with Crippen LogP contribution in [0.4, 0.5) is 0 Å². The average Bonchev–Trinajstić information content (AvgIpc) is 2.52. The smallest absolute Gasteiger partial charge is 0.304 e. The van der Waals surface area contributed by atoms with Crippen molar-refractivity contribution in [3.63, 3.8) is 0 Å². The van der Waals surface area contributed by atoms with Crippen molar-refractivity contribution in [2.75, 3.05) is 33.2 Å². The second-order valence-corrected chi connectivity index (χ2v) is 5.77. The molecule has 0 radical (unpaired) electrons. The lowest BCUT2D eigenvalue weighted by atomic mass is 10.0. The summed E-state index contributed by atoms with van der Waals surface area (Å²) in [6.07, 6.45) is 5.33. The Morgan fingerprint density at radius 2 is 2.14 bits per heavy atom. The average molecular weight is 328 g/mol. The molecule has 1 saturated heterocycles. The predicted octanol–water partition coefficient (Wildman–Crippen LogP) is 1.92. The summed E-state index contributed by atoms with van der Waals surface area (Å²) in [6.45, 7) is 3.89. The first-order valence-corrected chi connectivity index (χ1v) is 7.69. The van der Waals surface area contributed by atoms with Gasteiger partial charge in [0.15, 0.2) is 0 Å². The molecule has 0 spiro atoms. The molecule has 6 heteroatoms. The minimum atomic E-state index is -0.713. The van der Waals surface area contributed by atoms with Gasteiger partial charge in [-0.15, -0.1) is 12.4 Å². The minimum Gasteiger partial charge on any atom is -0.481 e. The maximum absolute atomic E-state index is 10.6. The third kappa shape index (κ3) is 6.30. The Kier molecular flexibility index (Phi) is 8.38. The molecule has 0 atom stereocenters. The molecular formula is C16H26ClN3O2. The van der Waals surface area contributed by atoms with Crippen LogP contribution < -0.4 is 0 Å². The van der Waals surface area contributed by atoms with Crippen molar-refractivity contribution >= 4 is 18.4 Å². The first-order valence-electron chi connectivity index (χ1n) is 7.69. The third-order valence-corrected chi connectivity index (χ3v) is 4.27. The van der Waals surface area contributed by atoms with Crippen LogP contribution in [-0.2, 0) is 11.2 Å². The minimum absolute atomic E-state index is 0. The van der Waals surface area contributed by atoms with Crippen LogP contribution in [0.5, 0.6) is 0 Å². The molecule has 0 unspecified atom stereocenters. The molecular weight excluding hydrogens is 302 g/mol. The number of pyridine rings is 1. The van der Waals surface area contributed by atoms with Crippen LogP contribution in [0.3, 0.4) is 0 Å². The van der Waals surface area contributed by atoms with Crippen molar-refractivity contribution in [3.05, 3.63) is 30.1 Å². The van der Waals surface area contributed by atoms with E-state index in [0.717, 1.165) is 44.6 Å². The molecule has 0 aliphatic carbocycles. The van der Waals surface area contributed by atoms with Crippen molar-refractivity contribution in [2.24, 2.45) is 0 Å². The monoisotopic (exact) mass is 327 g/mol. The molecule has 22 heavy (non-hydrogen) atoms. The fourth-order valence-electron chi connectivity index (χ4n) is 2.86. The zero-order chi connectivity index (χ0) is 15.1. The lowest BCUT2D eigenvalue weighted by molar-refractivity contribution is -0.137. The molecule has 0 saturated carbocycles. The van der Waals surface area contributed by atoms with Gasteiger partial charge in [-0.3, -0.25) is 9.78 Å². The van der Waals surface area contributed by atoms with Gasteiger partial charge in [0.1, 0.15) is 0 Å². The van der Waals surface area contributed by atoms with E-state index in [-0.39, 0.29) is 18.8 Å². The Morgan fingerprint density at radius 3 is 2.73 bits per heavy atom. The number of nitrogens with zero attached hydrogens (tertiary/aromatic N) is 3. The number of carboxylic acid groups (broad SMARTS) is 1. The van der Waals surface area contributed by atoms with Gasteiger partial charge in [-0.2, -0.15) is 0 Å². The van der Waals surface area contributed by atoms with Gasteiger partial charge < -0.3 is 14.9 Å².